The summed E-state index contributed by atoms with van der Waals surface area (Å²) in [5.74, 6) is -0.278. The van der Waals surface area contributed by atoms with Crippen molar-refractivity contribution in [2.24, 2.45) is 0 Å². The third-order valence-corrected chi connectivity index (χ3v) is 4.80. The van der Waals surface area contributed by atoms with Gasteiger partial charge in [-0.25, -0.2) is 0 Å². The van der Waals surface area contributed by atoms with Gasteiger partial charge in [0.25, 0.3) is 5.56 Å². The molecule has 0 saturated carbocycles. The maximum Gasteiger partial charge on any atom is 0.255 e. The number of para-hydroxylation sites is 1. The lowest BCUT2D eigenvalue weighted by Gasteiger charge is -2.16. The summed E-state index contributed by atoms with van der Waals surface area (Å²) < 4.78 is 1.34. The number of hydrogen-bond donors (Lipinski definition) is 0. The summed E-state index contributed by atoms with van der Waals surface area (Å²) >= 11 is 18.6. The Morgan fingerprint density at radius 3 is 2.04 bits per heavy atom. The van der Waals surface area contributed by atoms with Crippen molar-refractivity contribution in [3.63, 3.8) is 0 Å². The molecule has 0 atom stereocenters. The Bertz CT molecular complexity index is 1020. The molecule has 1 aromatic heterocycles. The van der Waals surface area contributed by atoms with Crippen molar-refractivity contribution in [2.75, 3.05) is 0 Å². The quantitative estimate of drug-likeness (QED) is 0.565. The summed E-state index contributed by atoms with van der Waals surface area (Å²) in [6.07, 6.45) is 0. The van der Waals surface area contributed by atoms with Crippen LogP contribution in [-0.4, -0.2) is 10.4 Å². The van der Waals surface area contributed by atoms with E-state index in [2.05, 4.69) is 0 Å². The first-order valence-electron chi connectivity index (χ1n) is 7.38. The summed E-state index contributed by atoms with van der Waals surface area (Å²) in [7, 11) is 0. The molecule has 0 saturated heterocycles. The molecule has 6 heteroatoms. The van der Waals surface area contributed by atoms with Crippen LogP contribution in [0.15, 0.2) is 59.4 Å². The van der Waals surface area contributed by atoms with E-state index in [1.54, 1.807) is 49.4 Å². The number of carbonyl (C=O) groups excluding carboxylic acids is 1. The second-order valence-electron chi connectivity index (χ2n) is 5.39. The van der Waals surface area contributed by atoms with Gasteiger partial charge in [0.15, 0.2) is 5.78 Å². The van der Waals surface area contributed by atoms with Gasteiger partial charge in [0.2, 0.25) is 0 Å². The second-order valence-corrected chi connectivity index (χ2v) is 6.61. The minimum absolute atomic E-state index is 0.278. The van der Waals surface area contributed by atoms with Crippen molar-refractivity contribution in [1.82, 2.24) is 4.57 Å². The summed E-state index contributed by atoms with van der Waals surface area (Å²) in [5, 5.41) is 0.987. The minimum atomic E-state index is -0.330. The molecule has 0 unspecified atom stereocenters. The highest BCUT2D eigenvalue weighted by Gasteiger charge is 2.19. The number of halogens is 3. The minimum Gasteiger partial charge on any atom is -0.288 e. The summed E-state index contributed by atoms with van der Waals surface area (Å²) in [6, 6.07) is 14.5. The van der Waals surface area contributed by atoms with Crippen LogP contribution in [0.1, 0.15) is 21.6 Å². The van der Waals surface area contributed by atoms with Crippen molar-refractivity contribution < 1.29 is 4.79 Å². The van der Waals surface area contributed by atoms with Crippen LogP contribution < -0.4 is 5.56 Å². The molecule has 0 bridgehead atoms. The van der Waals surface area contributed by atoms with Crippen LogP contribution in [0.3, 0.4) is 0 Å². The first-order valence-corrected chi connectivity index (χ1v) is 8.51. The summed E-state index contributed by atoms with van der Waals surface area (Å²) in [4.78, 5) is 25.3. The number of rotatable bonds is 3. The highest BCUT2D eigenvalue weighted by atomic mass is 35.5. The molecule has 0 aliphatic rings. The largest absolute Gasteiger partial charge is 0.288 e. The molecule has 0 fully saturated rings. The fourth-order valence-corrected chi connectivity index (χ4v) is 3.43. The van der Waals surface area contributed by atoms with E-state index < -0.39 is 0 Å². The van der Waals surface area contributed by atoms with Crippen LogP contribution in [-0.2, 0) is 0 Å². The molecule has 0 spiro atoms. The maximum atomic E-state index is 12.9. The zero-order valence-electron chi connectivity index (χ0n) is 13.1. The van der Waals surface area contributed by atoms with Gasteiger partial charge < -0.3 is 0 Å². The van der Waals surface area contributed by atoms with E-state index in [0.29, 0.717) is 37.6 Å². The van der Waals surface area contributed by atoms with Gasteiger partial charge in [-0.2, -0.15) is 0 Å². The van der Waals surface area contributed by atoms with Crippen LogP contribution in [0.5, 0.6) is 0 Å². The lowest BCUT2D eigenvalue weighted by molar-refractivity contribution is 0.103. The van der Waals surface area contributed by atoms with E-state index in [1.807, 2.05) is 0 Å². The molecule has 2 aromatic carbocycles. The lowest BCUT2D eigenvalue weighted by Crippen LogP contribution is -2.23. The Kier molecular flexibility index (Phi) is 5.00. The predicted molar refractivity (Wildman–Crippen MR) is 102 cm³/mol. The van der Waals surface area contributed by atoms with Crippen LogP contribution in [0.2, 0.25) is 15.1 Å². The standard InChI is InChI=1S/C19H12Cl3NO2/c1-11-12(19(25)13-5-2-3-6-14(13)20)9-10-17(24)23(11)18-15(21)7-4-8-16(18)22/h2-10H,1H3. The van der Waals surface area contributed by atoms with Crippen molar-refractivity contribution in [3.05, 3.63) is 96.8 Å². The van der Waals surface area contributed by atoms with E-state index in [1.165, 1.54) is 16.7 Å². The number of hydrogen-bond acceptors (Lipinski definition) is 2. The lowest BCUT2D eigenvalue weighted by atomic mass is 10.0. The summed E-state index contributed by atoms with van der Waals surface area (Å²) in [6.45, 7) is 1.67. The van der Waals surface area contributed by atoms with Gasteiger partial charge in [0, 0.05) is 22.9 Å². The van der Waals surface area contributed by atoms with E-state index >= 15 is 0 Å². The highest BCUT2D eigenvalue weighted by molar-refractivity contribution is 6.38. The van der Waals surface area contributed by atoms with Crippen molar-refractivity contribution in [1.29, 1.82) is 0 Å². The van der Waals surface area contributed by atoms with Crippen molar-refractivity contribution >= 4 is 40.6 Å². The Hall–Kier alpha value is -2.07. The molecule has 3 aromatic rings. The Morgan fingerprint density at radius 1 is 0.800 bits per heavy atom. The van der Waals surface area contributed by atoms with Crippen LogP contribution in [0.4, 0.5) is 0 Å². The van der Waals surface area contributed by atoms with E-state index in [4.69, 9.17) is 34.8 Å². The zero-order chi connectivity index (χ0) is 18.1. The molecule has 3 nitrogen and oxygen atoms in total. The van der Waals surface area contributed by atoms with E-state index in [0.717, 1.165) is 0 Å². The third-order valence-electron chi connectivity index (χ3n) is 3.86. The fourth-order valence-electron chi connectivity index (χ4n) is 2.65. The van der Waals surface area contributed by atoms with Gasteiger partial charge in [-0.3, -0.25) is 14.2 Å². The molecular formula is C19H12Cl3NO2. The molecular weight excluding hydrogens is 381 g/mol. The number of benzene rings is 2. The van der Waals surface area contributed by atoms with Gasteiger partial charge in [0.05, 0.1) is 20.8 Å². The average Bonchev–Trinajstić information content (AvgIpc) is 2.57. The van der Waals surface area contributed by atoms with Crippen LogP contribution >= 0.6 is 34.8 Å². The van der Waals surface area contributed by atoms with Crippen molar-refractivity contribution in [2.45, 2.75) is 6.92 Å². The highest BCUT2D eigenvalue weighted by Crippen LogP contribution is 2.29. The van der Waals surface area contributed by atoms with Gasteiger partial charge in [-0.15, -0.1) is 0 Å². The van der Waals surface area contributed by atoms with Gasteiger partial charge >= 0.3 is 0 Å². The number of ketones is 1. The topological polar surface area (TPSA) is 39.1 Å². The molecule has 0 amide bonds. The predicted octanol–water partition coefficient (Wildman–Crippen LogP) is 5.34. The van der Waals surface area contributed by atoms with E-state index in [-0.39, 0.29) is 11.3 Å². The van der Waals surface area contributed by atoms with Crippen molar-refractivity contribution in [3.8, 4) is 5.69 Å². The number of pyridine rings is 1. The monoisotopic (exact) mass is 391 g/mol. The molecule has 0 radical (unpaired) electrons. The average molecular weight is 393 g/mol. The fraction of sp³-hybridized carbons (Fsp3) is 0.0526. The number of carbonyl (C=O) groups is 1. The molecule has 0 aliphatic carbocycles. The maximum absolute atomic E-state index is 12.9. The SMILES string of the molecule is Cc1c(C(=O)c2ccccc2Cl)ccc(=O)n1-c1c(Cl)cccc1Cl. The number of aromatic nitrogens is 1. The third kappa shape index (κ3) is 3.23. The first kappa shape index (κ1) is 17.7. The smallest absolute Gasteiger partial charge is 0.255 e. The second kappa shape index (κ2) is 7.04. The van der Waals surface area contributed by atoms with Crippen LogP contribution in [0, 0.1) is 6.92 Å². The molecule has 3 rings (SSSR count). The van der Waals surface area contributed by atoms with Crippen LogP contribution in [0.25, 0.3) is 5.69 Å². The van der Waals surface area contributed by atoms with Gasteiger partial charge in [0.1, 0.15) is 0 Å². The van der Waals surface area contributed by atoms with E-state index in [9.17, 15) is 9.59 Å². The zero-order valence-corrected chi connectivity index (χ0v) is 15.4. The molecule has 126 valence electrons. The molecule has 0 N–H and O–H groups in total. The molecule has 1 heterocycles. The summed E-state index contributed by atoms with van der Waals surface area (Å²) in [5.41, 5.74) is 1.17. The Labute approximate surface area is 159 Å². The molecule has 0 aliphatic heterocycles. The molecule has 25 heavy (non-hydrogen) atoms. The number of nitrogens with zero attached hydrogens (tertiary/aromatic N) is 1. The normalized spacial score (nSPS) is 10.7. The van der Waals surface area contributed by atoms with Gasteiger partial charge in [-0.1, -0.05) is 53.0 Å². The van der Waals surface area contributed by atoms with Gasteiger partial charge in [-0.05, 0) is 37.3 Å². The Balaban J connectivity index is 2.25. The first-order chi connectivity index (χ1) is 11.9. The Morgan fingerprint density at radius 2 is 1.40 bits per heavy atom.